The van der Waals surface area contributed by atoms with Gasteiger partial charge in [0, 0.05) is 17.3 Å². The number of nitrogens with zero attached hydrogens (tertiary/aromatic N) is 1. The van der Waals surface area contributed by atoms with Gasteiger partial charge in [0.1, 0.15) is 0 Å². The minimum atomic E-state index is -0.544. The Labute approximate surface area is 147 Å². The van der Waals surface area contributed by atoms with Gasteiger partial charge >= 0.3 is 0 Å². The van der Waals surface area contributed by atoms with Crippen LogP contribution in [-0.4, -0.2) is 23.2 Å². The molecule has 2 nitrogen and oxygen atoms in total. The predicted octanol–water partition coefficient (Wildman–Crippen LogP) is 4.80. The van der Waals surface area contributed by atoms with Crippen molar-refractivity contribution in [2.45, 2.75) is 33.2 Å². The maximum atomic E-state index is 13.1. The van der Waals surface area contributed by atoms with Crippen LogP contribution in [0.1, 0.15) is 41.5 Å². The molecule has 2 heterocycles. The molecule has 2 aromatic rings. The van der Waals surface area contributed by atoms with Crippen LogP contribution in [0.25, 0.3) is 0 Å². The van der Waals surface area contributed by atoms with Crippen molar-refractivity contribution in [2.75, 3.05) is 12.4 Å². The summed E-state index contributed by atoms with van der Waals surface area (Å²) < 4.78 is 0. The number of hydrogen-bond donors (Lipinski definition) is 0. The number of fused-ring (bicyclic) bond motifs is 1. The number of carbonyl (C=O) groups excluding carboxylic acids is 1. The highest BCUT2D eigenvalue weighted by Gasteiger charge is 2.39. The second kappa shape index (κ2) is 6.29. The van der Waals surface area contributed by atoms with Crippen molar-refractivity contribution >= 4 is 28.8 Å². The fourth-order valence-corrected chi connectivity index (χ4v) is 4.11. The smallest absolute Gasteiger partial charge is 0.230 e. The normalized spacial score (nSPS) is 17.9. The molecular weight excluding hydrogens is 326 g/mol. The van der Waals surface area contributed by atoms with Crippen molar-refractivity contribution in [3.05, 3.63) is 57.3 Å². The Morgan fingerprint density at radius 1 is 1.30 bits per heavy atom. The molecule has 1 atom stereocenters. The molecular formula is C19H22ClNOS. The van der Waals surface area contributed by atoms with E-state index >= 15 is 0 Å². The van der Waals surface area contributed by atoms with Crippen LogP contribution in [0.5, 0.6) is 0 Å². The average Bonchev–Trinajstić information content (AvgIpc) is 3.02. The van der Waals surface area contributed by atoms with Gasteiger partial charge in [0.25, 0.3) is 0 Å². The number of hydrogen-bond acceptors (Lipinski definition) is 2. The standard InChI is InChI=1S/C19H22ClNOS/c1-13-4-6-14(7-5-13)17-15-9-11-23-16(15)8-10-21(17)18(22)19(2,3)12-20/h4-7,9,11,17H,8,10,12H2,1-3H3/t17-/m1/s1. The van der Waals surface area contributed by atoms with E-state index in [1.165, 1.54) is 21.6 Å². The zero-order valence-electron chi connectivity index (χ0n) is 13.8. The van der Waals surface area contributed by atoms with Gasteiger partial charge in [-0.25, -0.2) is 0 Å². The van der Waals surface area contributed by atoms with Crippen molar-refractivity contribution in [3.63, 3.8) is 0 Å². The molecule has 0 saturated carbocycles. The van der Waals surface area contributed by atoms with E-state index in [1.54, 1.807) is 11.3 Å². The van der Waals surface area contributed by atoms with Gasteiger partial charge in [0.2, 0.25) is 5.91 Å². The van der Waals surface area contributed by atoms with Gasteiger partial charge < -0.3 is 4.90 Å². The van der Waals surface area contributed by atoms with Gasteiger partial charge in [-0.1, -0.05) is 29.8 Å². The first-order valence-electron chi connectivity index (χ1n) is 7.94. The lowest BCUT2D eigenvalue weighted by atomic mass is 9.88. The molecule has 0 aliphatic carbocycles. The van der Waals surface area contributed by atoms with Crippen molar-refractivity contribution < 1.29 is 4.79 Å². The van der Waals surface area contributed by atoms with Crippen LogP contribution in [0, 0.1) is 12.3 Å². The fourth-order valence-electron chi connectivity index (χ4n) is 3.09. The van der Waals surface area contributed by atoms with Crippen LogP contribution in [0.2, 0.25) is 0 Å². The second-order valence-corrected chi connectivity index (χ2v) is 8.15. The lowest BCUT2D eigenvalue weighted by Crippen LogP contribution is -2.47. The molecule has 3 rings (SSSR count). The Balaban J connectivity index is 2.05. The third-order valence-corrected chi connectivity index (χ3v) is 6.20. The van der Waals surface area contributed by atoms with E-state index < -0.39 is 5.41 Å². The molecule has 1 aromatic heterocycles. The largest absolute Gasteiger partial charge is 0.331 e. The number of halogens is 1. The van der Waals surface area contributed by atoms with E-state index in [2.05, 4.69) is 42.6 Å². The van der Waals surface area contributed by atoms with E-state index in [1.807, 2.05) is 18.7 Å². The molecule has 1 aromatic carbocycles. The lowest BCUT2D eigenvalue weighted by molar-refractivity contribution is -0.141. The minimum absolute atomic E-state index is 0.000548. The van der Waals surface area contributed by atoms with Gasteiger partial charge in [0.05, 0.1) is 11.5 Å². The summed E-state index contributed by atoms with van der Waals surface area (Å²) in [6.45, 7) is 6.70. The maximum absolute atomic E-state index is 13.1. The van der Waals surface area contributed by atoms with Gasteiger partial charge in [-0.3, -0.25) is 4.79 Å². The lowest BCUT2D eigenvalue weighted by Gasteiger charge is -2.40. The van der Waals surface area contributed by atoms with Gasteiger partial charge in [-0.05, 0) is 49.8 Å². The Morgan fingerprint density at radius 3 is 2.65 bits per heavy atom. The number of rotatable bonds is 3. The van der Waals surface area contributed by atoms with E-state index in [9.17, 15) is 4.79 Å². The molecule has 122 valence electrons. The summed E-state index contributed by atoms with van der Waals surface area (Å²) in [5, 5.41) is 2.13. The number of carbonyl (C=O) groups is 1. The van der Waals surface area contributed by atoms with E-state index in [0.29, 0.717) is 5.88 Å². The molecule has 1 aliphatic rings. The summed E-state index contributed by atoms with van der Waals surface area (Å²) in [6, 6.07) is 10.7. The van der Waals surface area contributed by atoms with Crippen LogP contribution in [0.4, 0.5) is 0 Å². The van der Waals surface area contributed by atoms with Crippen molar-refractivity contribution in [2.24, 2.45) is 5.41 Å². The fraction of sp³-hybridized carbons (Fsp3) is 0.421. The third kappa shape index (κ3) is 3.05. The Hall–Kier alpha value is -1.32. The number of amides is 1. The summed E-state index contributed by atoms with van der Waals surface area (Å²) in [5.41, 5.74) is 3.13. The molecule has 0 unspecified atom stereocenters. The van der Waals surface area contributed by atoms with E-state index in [0.717, 1.165) is 13.0 Å². The highest BCUT2D eigenvalue weighted by Crippen LogP contribution is 2.40. The molecule has 23 heavy (non-hydrogen) atoms. The summed E-state index contributed by atoms with van der Waals surface area (Å²) in [5.74, 6) is 0.467. The zero-order chi connectivity index (χ0) is 16.6. The van der Waals surface area contributed by atoms with Crippen molar-refractivity contribution in [1.29, 1.82) is 0 Å². The quantitative estimate of drug-likeness (QED) is 0.730. The van der Waals surface area contributed by atoms with Gasteiger partial charge in [-0.15, -0.1) is 22.9 Å². The maximum Gasteiger partial charge on any atom is 0.230 e. The molecule has 0 radical (unpaired) electrons. The number of thiophene rings is 1. The Kier molecular flexibility index (Phi) is 4.52. The van der Waals surface area contributed by atoms with Crippen LogP contribution < -0.4 is 0 Å². The Morgan fingerprint density at radius 2 is 2.00 bits per heavy atom. The van der Waals surface area contributed by atoms with Gasteiger partial charge in [0.15, 0.2) is 0 Å². The summed E-state index contributed by atoms with van der Waals surface area (Å²) in [7, 11) is 0. The van der Waals surface area contributed by atoms with Crippen LogP contribution in [-0.2, 0) is 11.2 Å². The summed E-state index contributed by atoms with van der Waals surface area (Å²) >= 11 is 7.85. The molecule has 4 heteroatoms. The molecule has 0 bridgehead atoms. The summed E-state index contributed by atoms with van der Waals surface area (Å²) in [4.78, 5) is 16.5. The van der Waals surface area contributed by atoms with E-state index in [4.69, 9.17) is 11.6 Å². The first-order chi connectivity index (χ1) is 10.9. The molecule has 0 spiro atoms. The highest BCUT2D eigenvalue weighted by molar-refractivity contribution is 7.10. The van der Waals surface area contributed by atoms with E-state index in [-0.39, 0.29) is 11.9 Å². The van der Waals surface area contributed by atoms with Gasteiger partial charge in [-0.2, -0.15) is 0 Å². The molecule has 0 N–H and O–H groups in total. The average molecular weight is 348 g/mol. The highest BCUT2D eigenvalue weighted by atomic mass is 35.5. The van der Waals surface area contributed by atoms with Crippen LogP contribution >= 0.6 is 22.9 Å². The molecule has 0 fully saturated rings. The molecule has 0 saturated heterocycles. The topological polar surface area (TPSA) is 20.3 Å². The predicted molar refractivity (Wildman–Crippen MR) is 97.3 cm³/mol. The zero-order valence-corrected chi connectivity index (χ0v) is 15.4. The number of aryl methyl sites for hydroxylation is 1. The van der Waals surface area contributed by atoms with Crippen molar-refractivity contribution in [1.82, 2.24) is 4.90 Å². The number of benzene rings is 1. The van der Waals surface area contributed by atoms with Crippen LogP contribution in [0.15, 0.2) is 35.7 Å². The summed E-state index contributed by atoms with van der Waals surface area (Å²) in [6.07, 6.45) is 0.930. The first-order valence-corrected chi connectivity index (χ1v) is 9.35. The van der Waals surface area contributed by atoms with Crippen LogP contribution in [0.3, 0.4) is 0 Å². The molecule has 1 aliphatic heterocycles. The first kappa shape index (κ1) is 16.5. The minimum Gasteiger partial charge on any atom is -0.331 e. The molecule has 1 amide bonds. The Bertz CT molecular complexity index is 704. The monoisotopic (exact) mass is 347 g/mol. The number of alkyl halides is 1. The second-order valence-electron chi connectivity index (χ2n) is 6.88. The van der Waals surface area contributed by atoms with Crippen molar-refractivity contribution in [3.8, 4) is 0 Å². The SMILES string of the molecule is Cc1ccc([C@@H]2c3ccsc3CCN2C(=O)C(C)(C)CCl)cc1. The third-order valence-electron chi connectivity index (χ3n) is 4.53.